The van der Waals surface area contributed by atoms with Gasteiger partial charge in [0.1, 0.15) is 0 Å². The van der Waals surface area contributed by atoms with Gasteiger partial charge in [0.15, 0.2) is 0 Å². The van der Waals surface area contributed by atoms with Gasteiger partial charge in [-0.2, -0.15) is 0 Å². The Morgan fingerprint density at radius 2 is 0.792 bits per heavy atom. The van der Waals surface area contributed by atoms with Crippen molar-refractivity contribution < 1.29 is 0 Å². The van der Waals surface area contributed by atoms with Crippen molar-refractivity contribution in [3.63, 3.8) is 0 Å². The van der Waals surface area contributed by atoms with Crippen LogP contribution >= 0.6 is 46.4 Å². The number of nitrogens with one attached hydrogen (secondary N) is 2. The van der Waals surface area contributed by atoms with E-state index in [0.717, 1.165) is 38.5 Å². The molecule has 3 saturated carbocycles. The molecule has 0 aromatic heterocycles. The van der Waals surface area contributed by atoms with E-state index >= 15 is 0 Å². The van der Waals surface area contributed by atoms with E-state index < -0.39 is 0 Å². The van der Waals surface area contributed by atoms with Gasteiger partial charge in [-0.15, -0.1) is 46.4 Å². The number of rotatable bonds is 4. The SMILES string of the molecule is ClC1CCCC(Cl)C1NC1CCCCC1NC1C(Cl)CCCC1Cl. The summed E-state index contributed by atoms with van der Waals surface area (Å²) in [5.41, 5.74) is 0. The Balaban J connectivity index is 1.62. The van der Waals surface area contributed by atoms with Gasteiger partial charge in [-0.25, -0.2) is 0 Å². The van der Waals surface area contributed by atoms with Crippen LogP contribution in [0.5, 0.6) is 0 Å². The molecule has 3 aliphatic carbocycles. The minimum Gasteiger partial charge on any atom is -0.307 e. The molecule has 2 N–H and O–H groups in total. The monoisotopic (exact) mass is 414 g/mol. The minimum absolute atomic E-state index is 0.139. The van der Waals surface area contributed by atoms with Gasteiger partial charge in [0.05, 0.1) is 21.5 Å². The van der Waals surface area contributed by atoms with Crippen LogP contribution in [-0.2, 0) is 0 Å². The largest absolute Gasteiger partial charge is 0.307 e. The topological polar surface area (TPSA) is 24.1 Å². The van der Waals surface area contributed by atoms with E-state index in [-0.39, 0.29) is 33.6 Å². The summed E-state index contributed by atoms with van der Waals surface area (Å²) in [5.74, 6) is 0. The molecule has 0 saturated heterocycles. The second-order valence-electron chi connectivity index (χ2n) is 7.81. The van der Waals surface area contributed by atoms with Crippen LogP contribution in [-0.4, -0.2) is 45.7 Å². The number of hydrogen-bond acceptors (Lipinski definition) is 2. The predicted octanol–water partition coefficient (Wildman–Crippen LogP) is 5.01. The van der Waals surface area contributed by atoms with Crippen molar-refractivity contribution in [3.05, 3.63) is 0 Å². The zero-order valence-electron chi connectivity index (χ0n) is 14.2. The average molecular weight is 416 g/mol. The van der Waals surface area contributed by atoms with Gasteiger partial charge in [0, 0.05) is 24.2 Å². The van der Waals surface area contributed by atoms with Crippen molar-refractivity contribution in [2.24, 2.45) is 0 Å². The Labute approximate surface area is 166 Å². The summed E-state index contributed by atoms with van der Waals surface area (Å²) in [6, 6.07) is 1.25. The summed E-state index contributed by atoms with van der Waals surface area (Å²) >= 11 is 26.3. The van der Waals surface area contributed by atoms with Crippen molar-refractivity contribution in [3.8, 4) is 0 Å². The van der Waals surface area contributed by atoms with Crippen molar-refractivity contribution >= 4 is 46.4 Å². The summed E-state index contributed by atoms with van der Waals surface area (Å²) in [4.78, 5) is 0. The van der Waals surface area contributed by atoms with E-state index in [1.807, 2.05) is 0 Å². The zero-order chi connectivity index (χ0) is 17.1. The minimum atomic E-state index is 0.139. The van der Waals surface area contributed by atoms with Gasteiger partial charge in [0.2, 0.25) is 0 Å². The van der Waals surface area contributed by atoms with Crippen molar-refractivity contribution in [1.29, 1.82) is 0 Å². The molecule has 6 unspecified atom stereocenters. The molecule has 3 aliphatic rings. The first-order chi connectivity index (χ1) is 11.6. The molecule has 0 aromatic carbocycles. The molecular formula is C18H30Cl4N2. The Morgan fingerprint density at radius 1 is 0.458 bits per heavy atom. The fraction of sp³-hybridized carbons (Fsp3) is 1.00. The first-order valence-electron chi connectivity index (χ1n) is 9.64. The third kappa shape index (κ3) is 4.87. The lowest BCUT2D eigenvalue weighted by Crippen LogP contribution is -2.61. The zero-order valence-corrected chi connectivity index (χ0v) is 17.2. The average Bonchev–Trinajstić information content (AvgIpc) is 2.56. The van der Waals surface area contributed by atoms with Gasteiger partial charge in [-0.3, -0.25) is 0 Å². The molecular weight excluding hydrogens is 386 g/mol. The van der Waals surface area contributed by atoms with E-state index in [0.29, 0.717) is 12.1 Å². The summed E-state index contributed by atoms with van der Waals surface area (Å²) in [6.07, 6.45) is 11.4. The number of alkyl halides is 4. The lowest BCUT2D eigenvalue weighted by atomic mass is 9.85. The maximum absolute atomic E-state index is 6.57. The molecule has 0 bridgehead atoms. The maximum atomic E-state index is 6.57. The fourth-order valence-corrected chi connectivity index (χ4v) is 6.39. The van der Waals surface area contributed by atoms with Crippen LogP contribution in [0.4, 0.5) is 0 Å². The van der Waals surface area contributed by atoms with Crippen molar-refractivity contribution in [1.82, 2.24) is 10.6 Å². The van der Waals surface area contributed by atoms with Crippen LogP contribution in [0.2, 0.25) is 0 Å². The molecule has 3 rings (SSSR count). The molecule has 6 atom stereocenters. The molecule has 0 heterocycles. The molecule has 0 spiro atoms. The Hall–Kier alpha value is 1.08. The molecule has 2 nitrogen and oxygen atoms in total. The normalized spacial score (nSPS) is 47.5. The number of hydrogen-bond donors (Lipinski definition) is 2. The lowest BCUT2D eigenvalue weighted by Gasteiger charge is -2.43. The van der Waals surface area contributed by atoms with Gasteiger partial charge >= 0.3 is 0 Å². The van der Waals surface area contributed by atoms with Crippen LogP contribution in [0.1, 0.15) is 64.2 Å². The van der Waals surface area contributed by atoms with Crippen LogP contribution in [0.25, 0.3) is 0 Å². The second-order valence-corrected chi connectivity index (χ2v) is 10.1. The van der Waals surface area contributed by atoms with Crippen LogP contribution in [0.15, 0.2) is 0 Å². The Bertz CT molecular complexity index is 341. The van der Waals surface area contributed by atoms with E-state index in [4.69, 9.17) is 46.4 Å². The van der Waals surface area contributed by atoms with Gasteiger partial charge in [-0.1, -0.05) is 25.7 Å². The second kappa shape index (κ2) is 9.33. The van der Waals surface area contributed by atoms with E-state index in [1.54, 1.807) is 0 Å². The summed E-state index contributed by atoms with van der Waals surface area (Å²) in [6.45, 7) is 0. The summed E-state index contributed by atoms with van der Waals surface area (Å²) in [7, 11) is 0. The molecule has 0 aliphatic heterocycles. The van der Waals surface area contributed by atoms with Crippen LogP contribution < -0.4 is 10.6 Å². The quantitative estimate of drug-likeness (QED) is 0.630. The molecule has 6 heteroatoms. The fourth-order valence-electron chi connectivity index (χ4n) is 4.63. The predicted molar refractivity (Wildman–Crippen MR) is 106 cm³/mol. The number of halogens is 4. The highest BCUT2D eigenvalue weighted by Crippen LogP contribution is 2.32. The Kier molecular flexibility index (Phi) is 7.71. The highest BCUT2D eigenvalue weighted by molar-refractivity contribution is 6.25. The van der Waals surface area contributed by atoms with Gasteiger partial charge < -0.3 is 10.6 Å². The first-order valence-corrected chi connectivity index (χ1v) is 11.4. The summed E-state index contributed by atoms with van der Waals surface area (Å²) < 4.78 is 0. The molecule has 0 radical (unpaired) electrons. The van der Waals surface area contributed by atoms with Crippen molar-refractivity contribution in [2.75, 3.05) is 0 Å². The van der Waals surface area contributed by atoms with E-state index in [1.165, 1.54) is 25.7 Å². The van der Waals surface area contributed by atoms with Crippen LogP contribution in [0, 0.1) is 0 Å². The third-order valence-electron chi connectivity index (χ3n) is 6.06. The first kappa shape index (κ1) is 19.8. The Morgan fingerprint density at radius 3 is 1.12 bits per heavy atom. The molecule has 140 valence electrons. The smallest absolute Gasteiger partial charge is 0.0503 e. The summed E-state index contributed by atoms with van der Waals surface area (Å²) in [5, 5.41) is 8.18. The molecule has 0 aromatic rings. The van der Waals surface area contributed by atoms with E-state index in [2.05, 4.69) is 10.6 Å². The molecule has 3 fully saturated rings. The van der Waals surface area contributed by atoms with Crippen molar-refractivity contribution in [2.45, 2.75) is 110 Å². The van der Waals surface area contributed by atoms with Gasteiger partial charge in [0.25, 0.3) is 0 Å². The lowest BCUT2D eigenvalue weighted by molar-refractivity contribution is 0.219. The highest BCUT2D eigenvalue weighted by Gasteiger charge is 2.38. The van der Waals surface area contributed by atoms with Gasteiger partial charge in [-0.05, 0) is 38.5 Å². The van der Waals surface area contributed by atoms with E-state index in [9.17, 15) is 0 Å². The maximum Gasteiger partial charge on any atom is 0.0503 e. The molecule has 0 amide bonds. The standard InChI is InChI=1S/C18H30Cl4N2/c19-11-5-3-6-12(20)17(11)23-15-9-1-2-10-16(15)24-18-13(21)7-4-8-14(18)22/h11-18,23-24H,1-10H2. The third-order valence-corrected chi connectivity index (χ3v) is 8.02. The highest BCUT2D eigenvalue weighted by atomic mass is 35.5. The van der Waals surface area contributed by atoms with Crippen LogP contribution in [0.3, 0.4) is 0 Å². The molecule has 24 heavy (non-hydrogen) atoms.